The first-order chi connectivity index (χ1) is 13.5. The van der Waals surface area contributed by atoms with Crippen LogP contribution in [0.4, 0.5) is 14.9 Å². The lowest BCUT2D eigenvalue weighted by Gasteiger charge is -2.29. The van der Waals surface area contributed by atoms with Gasteiger partial charge in [-0.15, -0.1) is 11.3 Å². The van der Waals surface area contributed by atoms with Crippen molar-refractivity contribution in [2.24, 2.45) is 11.5 Å². The summed E-state index contributed by atoms with van der Waals surface area (Å²) in [7, 11) is 0. The summed E-state index contributed by atoms with van der Waals surface area (Å²) in [5.74, 6) is 4.75. The van der Waals surface area contributed by atoms with Crippen LogP contribution in [0.5, 0.6) is 0 Å². The number of carbonyl (C=O) groups excluding carboxylic acids is 2. The number of thiophene rings is 1. The number of anilines is 1. The summed E-state index contributed by atoms with van der Waals surface area (Å²) in [6.45, 7) is 1.46. The van der Waals surface area contributed by atoms with E-state index in [4.69, 9.17) is 11.5 Å². The third-order valence-corrected chi connectivity index (χ3v) is 5.53. The number of hydrogen-bond donors (Lipinski definition) is 3. The summed E-state index contributed by atoms with van der Waals surface area (Å²) in [4.78, 5) is 26.4. The molecule has 146 valence electrons. The Labute approximate surface area is 166 Å². The number of benzene rings is 1. The van der Waals surface area contributed by atoms with Gasteiger partial charge in [0, 0.05) is 12.1 Å². The first-order valence-corrected chi connectivity index (χ1v) is 9.78. The molecule has 0 aliphatic carbocycles. The lowest BCUT2D eigenvalue weighted by molar-refractivity contribution is 0.100. The van der Waals surface area contributed by atoms with Gasteiger partial charge >= 0.3 is 6.03 Å². The van der Waals surface area contributed by atoms with Gasteiger partial charge in [0.2, 0.25) is 0 Å². The van der Waals surface area contributed by atoms with Crippen molar-refractivity contribution in [3.05, 3.63) is 51.5 Å². The number of rotatable bonds is 3. The third kappa shape index (κ3) is 4.68. The number of amides is 3. The largest absolute Gasteiger partial charge is 0.365 e. The van der Waals surface area contributed by atoms with E-state index in [0.29, 0.717) is 22.7 Å². The minimum absolute atomic E-state index is 0.170. The number of urea groups is 1. The predicted octanol–water partition coefficient (Wildman–Crippen LogP) is 2.41. The van der Waals surface area contributed by atoms with Crippen LogP contribution in [0.15, 0.2) is 30.3 Å². The predicted molar refractivity (Wildman–Crippen MR) is 108 cm³/mol. The molecule has 0 unspecified atom stereocenters. The first-order valence-electron chi connectivity index (χ1n) is 8.96. The van der Waals surface area contributed by atoms with Crippen molar-refractivity contribution in [2.45, 2.75) is 25.3 Å². The summed E-state index contributed by atoms with van der Waals surface area (Å²) in [6.07, 6.45) is 2.73. The normalized spacial score (nSPS) is 16.5. The summed E-state index contributed by atoms with van der Waals surface area (Å²) >= 11 is 1.09. The van der Waals surface area contributed by atoms with Crippen LogP contribution in [0.25, 0.3) is 0 Å². The summed E-state index contributed by atoms with van der Waals surface area (Å²) in [5.41, 5.74) is 12.1. The van der Waals surface area contributed by atoms with Crippen LogP contribution in [-0.2, 0) is 0 Å². The third-order valence-electron chi connectivity index (χ3n) is 4.47. The van der Waals surface area contributed by atoms with Gasteiger partial charge in [-0.25, -0.2) is 9.18 Å². The summed E-state index contributed by atoms with van der Waals surface area (Å²) < 4.78 is 13.3. The highest BCUT2D eigenvalue weighted by Gasteiger charge is 2.29. The standard InChI is InChI=1S/C20H21FN4O2S/c21-14-5-3-4-13(10-14)7-8-16-11-17(18(28-16)19(22)26)25(20(23)27)15-6-1-2-9-24-12-15/h3-5,10-11,15,24H,1-2,6,9,12H2,(H2,22,26)(H2,23,27)/t15-/m0/s1. The maximum atomic E-state index is 13.3. The van der Waals surface area contributed by atoms with E-state index in [9.17, 15) is 14.0 Å². The fourth-order valence-electron chi connectivity index (χ4n) is 3.21. The number of carbonyl (C=O) groups is 2. The molecule has 3 amide bonds. The van der Waals surface area contributed by atoms with Crippen LogP contribution in [-0.4, -0.2) is 31.1 Å². The maximum absolute atomic E-state index is 13.3. The van der Waals surface area contributed by atoms with Crippen molar-refractivity contribution in [1.29, 1.82) is 0 Å². The Morgan fingerprint density at radius 2 is 2.04 bits per heavy atom. The lowest BCUT2D eigenvalue weighted by atomic mass is 10.1. The SMILES string of the molecule is NC(=O)c1sc(C#Cc2cccc(F)c2)cc1N(C(N)=O)[C@H]1CCCCNC1. The molecule has 6 nitrogen and oxygen atoms in total. The second kappa shape index (κ2) is 8.87. The first kappa shape index (κ1) is 19.9. The lowest BCUT2D eigenvalue weighted by Crippen LogP contribution is -2.48. The molecule has 0 bridgehead atoms. The van der Waals surface area contributed by atoms with Gasteiger partial charge in [0.25, 0.3) is 5.91 Å². The second-order valence-corrected chi connectivity index (χ2v) is 7.56. The van der Waals surface area contributed by atoms with Crippen molar-refractivity contribution in [1.82, 2.24) is 5.32 Å². The molecule has 1 aliphatic heterocycles. The average molecular weight is 400 g/mol. The average Bonchev–Trinajstić information content (AvgIpc) is 2.87. The molecule has 1 atom stereocenters. The van der Waals surface area contributed by atoms with Gasteiger partial charge in [0.1, 0.15) is 10.7 Å². The summed E-state index contributed by atoms with van der Waals surface area (Å²) in [6, 6.07) is 6.76. The molecule has 1 aromatic heterocycles. The van der Waals surface area contributed by atoms with Crippen molar-refractivity contribution < 1.29 is 14.0 Å². The van der Waals surface area contributed by atoms with E-state index in [0.717, 1.165) is 37.1 Å². The summed E-state index contributed by atoms with van der Waals surface area (Å²) in [5, 5.41) is 3.28. The molecule has 2 heterocycles. The Morgan fingerprint density at radius 3 is 2.75 bits per heavy atom. The van der Waals surface area contributed by atoms with E-state index in [2.05, 4.69) is 17.2 Å². The highest BCUT2D eigenvalue weighted by atomic mass is 32.1. The van der Waals surface area contributed by atoms with Gasteiger partial charge in [-0.1, -0.05) is 24.3 Å². The Kier molecular flexibility index (Phi) is 6.29. The second-order valence-electron chi connectivity index (χ2n) is 6.51. The van der Waals surface area contributed by atoms with Crippen molar-refractivity contribution in [3.8, 4) is 11.8 Å². The molecule has 3 rings (SSSR count). The Hall–Kier alpha value is -2.89. The molecule has 1 aromatic carbocycles. The van der Waals surface area contributed by atoms with E-state index >= 15 is 0 Å². The molecule has 5 N–H and O–H groups in total. The number of halogens is 1. The van der Waals surface area contributed by atoms with E-state index < -0.39 is 11.9 Å². The number of hydrogen-bond acceptors (Lipinski definition) is 4. The molecule has 2 aromatic rings. The Balaban J connectivity index is 1.97. The molecule has 1 aliphatic rings. The minimum atomic E-state index is -0.647. The number of nitrogens with two attached hydrogens (primary N) is 2. The zero-order valence-electron chi connectivity index (χ0n) is 15.2. The van der Waals surface area contributed by atoms with E-state index in [1.165, 1.54) is 17.0 Å². The van der Waals surface area contributed by atoms with E-state index in [1.807, 2.05) is 0 Å². The minimum Gasteiger partial charge on any atom is -0.365 e. The van der Waals surface area contributed by atoms with Gasteiger partial charge in [-0.3, -0.25) is 9.69 Å². The van der Waals surface area contributed by atoms with Crippen LogP contribution in [0.3, 0.4) is 0 Å². The molecule has 0 spiro atoms. The van der Waals surface area contributed by atoms with Gasteiger partial charge in [0.05, 0.1) is 16.6 Å². The monoisotopic (exact) mass is 400 g/mol. The number of nitrogens with zero attached hydrogens (tertiary/aromatic N) is 1. The van der Waals surface area contributed by atoms with Crippen molar-refractivity contribution >= 4 is 29.0 Å². The molecular weight excluding hydrogens is 379 g/mol. The van der Waals surface area contributed by atoms with Crippen LogP contribution in [0.1, 0.15) is 39.4 Å². The maximum Gasteiger partial charge on any atom is 0.319 e. The highest BCUT2D eigenvalue weighted by Crippen LogP contribution is 2.32. The number of nitrogens with one attached hydrogen (secondary N) is 1. The zero-order chi connectivity index (χ0) is 20.1. The van der Waals surface area contributed by atoms with Crippen molar-refractivity contribution in [2.75, 3.05) is 18.0 Å². The fraction of sp³-hybridized carbons (Fsp3) is 0.300. The van der Waals surface area contributed by atoms with E-state index in [1.54, 1.807) is 18.2 Å². The van der Waals surface area contributed by atoms with Gasteiger partial charge in [0.15, 0.2) is 0 Å². The Bertz CT molecular complexity index is 939. The highest BCUT2D eigenvalue weighted by molar-refractivity contribution is 7.15. The van der Waals surface area contributed by atoms with Gasteiger partial charge in [-0.2, -0.15) is 0 Å². The molecule has 8 heteroatoms. The molecule has 0 radical (unpaired) electrons. The Morgan fingerprint density at radius 1 is 1.21 bits per heavy atom. The van der Waals surface area contributed by atoms with Crippen molar-refractivity contribution in [3.63, 3.8) is 0 Å². The molecule has 0 saturated carbocycles. The number of primary amides is 2. The van der Waals surface area contributed by atoms with Gasteiger partial charge in [-0.05, 0) is 43.7 Å². The van der Waals surface area contributed by atoms with Crippen LogP contribution in [0, 0.1) is 17.7 Å². The van der Waals surface area contributed by atoms with Crippen LogP contribution in [0.2, 0.25) is 0 Å². The molecular formula is C20H21FN4O2S. The fourth-order valence-corrected chi connectivity index (χ4v) is 4.07. The topological polar surface area (TPSA) is 101 Å². The zero-order valence-corrected chi connectivity index (χ0v) is 16.0. The molecule has 1 fully saturated rings. The van der Waals surface area contributed by atoms with Gasteiger partial charge < -0.3 is 16.8 Å². The van der Waals surface area contributed by atoms with Crippen LogP contribution < -0.4 is 21.7 Å². The quantitative estimate of drug-likeness (QED) is 0.690. The smallest absolute Gasteiger partial charge is 0.319 e. The van der Waals surface area contributed by atoms with E-state index in [-0.39, 0.29) is 16.7 Å². The molecule has 28 heavy (non-hydrogen) atoms. The molecule has 1 saturated heterocycles. The van der Waals surface area contributed by atoms with Crippen LogP contribution >= 0.6 is 11.3 Å².